The number of para-hydroxylation sites is 1. The summed E-state index contributed by atoms with van der Waals surface area (Å²) >= 11 is 0. The van der Waals surface area contributed by atoms with E-state index in [1.807, 2.05) is 72.8 Å². The molecule has 178 valence electrons. The van der Waals surface area contributed by atoms with E-state index in [2.05, 4.69) is 10.2 Å². The van der Waals surface area contributed by atoms with Crippen molar-refractivity contribution in [3.63, 3.8) is 0 Å². The Kier molecular flexibility index (Phi) is 5.72. The van der Waals surface area contributed by atoms with E-state index in [9.17, 15) is 4.79 Å². The third kappa shape index (κ3) is 4.40. The van der Waals surface area contributed by atoms with Gasteiger partial charge in [-0.2, -0.15) is 0 Å². The van der Waals surface area contributed by atoms with Gasteiger partial charge in [0.05, 0.1) is 13.2 Å². The molecular formula is C28H27N3O4. The molecule has 6 rings (SSSR count). The van der Waals surface area contributed by atoms with Crippen LogP contribution in [-0.4, -0.2) is 49.6 Å². The summed E-state index contributed by atoms with van der Waals surface area (Å²) in [6, 6.07) is 23.7. The normalized spacial score (nSPS) is 17.2. The second kappa shape index (κ2) is 9.17. The maximum absolute atomic E-state index is 12.7. The molecule has 0 saturated carbocycles. The SMILES string of the molecule is O=C(COc1cccc2ccc(N3CCC4(CC3)OCCO4)nc12)Nc1cccc2ccccc12. The van der Waals surface area contributed by atoms with Crippen LogP contribution in [0.5, 0.6) is 5.75 Å². The van der Waals surface area contributed by atoms with Crippen molar-refractivity contribution in [3.8, 4) is 5.75 Å². The largest absolute Gasteiger partial charge is 0.481 e. The van der Waals surface area contributed by atoms with Gasteiger partial charge in [0, 0.05) is 42.4 Å². The monoisotopic (exact) mass is 469 g/mol. The molecule has 3 heterocycles. The first-order valence-electron chi connectivity index (χ1n) is 12.0. The van der Waals surface area contributed by atoms with Crippen LogP contribution in [0.25, 0.3) is 21.7 Å². The van der Waals surface area contributed by atoms with Crippen LogP contribution in [0.15, 0.2) is 72.8 Å². The van der Waals surface area contributed by atoms with Crippen LogP contribution in [-0.2, 0) is 14.3 Å². The average Bonchev–Trinajstić information content (AvgIpc) is 3.35. The van der Waals surface area contributed by atoms with Crippen LogP contribution < -0.4 is 15.0 Å². The van der Waals surface area contributed by atoms with Gasteiger partial charge in [-0.3, -0.25) is 4.79 Å². The summed E-state index contributed by atoms with van der Waals surface area (Å²) in [7, 11) is 0. The number of anilines is 2. The Hall–Kier alpha value is -3.68. The van der Waals surface area contributed by atoms with E-state index in [0.717, 1.165) is 59.1 Å². The first kappa shape index (κ1) is 21.8. The van der Waals surface area contributed by atoms with E-state index < -0.39 is 5.79 Å². The van der Waals surface area contributed by atoms with Crippen molar-refractivity contribution in [1.29, 1.82) is 0 Å². The second-order valence-electron chi connectivity index (χ2n) is 8.96. The second-order valence-corrected chi connectivity index (χ2v) is 8.96. The minimum atomic E-state index is -0.418. The van der Waals surface area contributed by atoms with Gasteiger partial charge in [-0.25, -0.2) is 4.98 Å². The molecule has 7 heteroatoms. The number of carbonyl (C=O) groups excluding carboxylic acids is 1. The summed E-state index contributed by atoms with van der Waals surface area (Å²) in [6.07, 6.45) is 1.64. The van der Waals surface area contributed by atoms with Crippen molar-refractivity contribution in [2.45, 2.75) is 18.6 Å². The molecule has 1 N–H and O–H groups in total. The Bertz CT molecular complexity index is 1370. The van der Waals surface area contributed by atoms with Crippen molar-refractivity contribution in [2.24, 2.45) is 0 Å². The van der Waals surface area contributed by atoms with Gasteiger partial charge in [0.25, 0.3) is 5.91 Å². The number of carbonyl (C=O) groups is 1. The van der Waals surface area contributed by atoms with E-state index in [-0.39, 0.29) is 12.5 Å². The van der Waals surface area contributed by atoms with Crippen LogP contribution in [0.4, 0.5) is 11.5 Å². The molecule has 0 unspecified atom stereocenters. The lowest BCUT2D eigenvalue weighted by Gasteiger charge is -2.38. The van der Waals surface area contributed by atoms with Gasteiger partial charge in [-0.1, -0.05) is 48.5 Å². The molecule has 3 aromatic carbocycles. The quantitative estimate of drug-likeness (QED) is 0.455. The number of amides is 1. The highest BCUT2D eigenvalue weighted by Gasteiger charge is 2.40. The predicted molar refractivity (Wildman–Crippen MR) is 136 cm³/mol. The van der Waals surface area contributed by atoms with Crippen molar-refractivity contribution in [2.75, 3.05) is 43.1 Å². The number of ether oxygens (including phenoxy) is 3. The summed E-state index contributed by atoms with van der Waals surface area (Å²) in [6.45, 7) is 2.87. The highest BCUT2D eigenvalue weighted by atomic mass is 16.7. The Balaban J connectivity index is 1.16. The number of hydrogen-bond donors (Lipinski definition) is 1. The van der Waals surface area contributed by atoms with Gasteiger partial charge in [0.15, 0.2) is 12.4 Å². The number of nitrogens with one attached hydrogen (secondary N) is 1. The topological polar surface area (TPSA) is 72.9 Å². The number of fused-ring (bicyclic) bond motifs is 2. The van der Waals surface area contributed by atoms with E-state index in [4.69, 9.17) is 19.2 Å². The van der Waals surface area contributed by atoms with Crippen LogP contribution in [0, 0.1) is 0 Å². The summed E-state index contributed by atoms with van der Waals surface area (Å²) in [4.78, 5) is 19.9. The lowest BCUT2D eigenvalue weighted by atomic mass is 10.0. The van der Waals surface area contributed by atoms with Crippen LogP contribution in [0.2, 0.25) is 0 Å². The fraction of sp³-hybridized carbons (Fsp3) is 0.286. The lowest BCUT2D eigenvalue weighted by molar-refractivity contribution is -0.169. The fourth-order valence-corrected chi connectivity index (χ4v) is 4.93. The predicted octanol–water partition coefficient (Wildman–Crippen LogP) is 4.75. The molecule has 2 fully saturated rings. The van der Waals surface area contributed by atoms with Crippen molar-refractivity contribution >= 4 is 39.1 Å². The van der Waals surface area contributed by atoms with Crippen LogP contribution in [0.3, 0.4) is 0 Å². The Morgan fingerprint density at radius 2 is 1.66 bits per heavy atom. The standard InChI is InChI=1S/C28H27N3O4/c32-26(29-23-9-3-6-20-5-1-2-8-22(20)23)19-33-24-10-4-7-21-11-12-25(30-27(21)24)31-15-13-28(14-16-31)34-17-18-35-28/h1-12H,13-19H2,(H,29,32). The minimum absolute atomic E-state index is 0.102. The summed E-state index contributed by atoms with van der Waals surface area (Å²) < 4.78 is 17.6. The molecule has 2 aliphatic rings. The van der Waals surface area contributed by atoms with Gasteiger partial charge < -0.3 is 24.4 Å². The molecule has 0 bridgehead atoms. The zero-order chi connectivity index (χ0) is 23.7. The third-order valence-electron chi connectivity index (χ3n) is 6.75. The number of aromatic nitrogens is 1. The highest BCUT2D eigenvalue weighted by Crippen LogP contribution is 2.34. The van der Waals surface area contributed by atoms with Crippen LogP contribution >= 0.6 is 0 Å². The fourth-order valence-electron chi connectivity index (χ4n) is 4.93. The minimum Gasteiger partial charge on any atom is -0.481 e. The van der Waals surface area contributed by atoms with Gasteiger partial charge in [-0.15, -0.1) is 0 Å². The summed E-state index contributed by atoms with van der Waals surface area (Å²) in [5.74, 6) is 0.848. The number of benzene rings is 3. The smallest absolute Gasteiger partial charge is 0.262 e. The van der Waals surface area contributed by atoms with Crippen molar-refractivity contribution < 1.29 is 19.0 Å². The van der Waals surface area contributed by atoms with E-state index >= 15 is 0 Å². The molecule has 1 aromatic heterocycles. The average molecular weight is 470 g/mol. The Morgan fingerprint density at radius 3 is 2.51 bits per heavy atom. The zero-order valence-corrected chi connectivity index (χ0v) is 19.4. The number of pyridine rings is 1. The molecule has 35 heavy (non-hydrogen) atoms. The highest BCUT2D eigenvalue weighted by molar-refractivity contribution is 6.02. The first-order valence-corrected chi connectivity index (χ1v) is 12.0. The van der Waals surface area contributed by atoms with E-state index in [1.165, 1.54) is 0 Å². The third-order valence-corrected chi connectivity index (χ3v) is 6.75. The summed E-state index contributed by atoms with van der Waals surface area (Å²) in [5, 5.41) is 6.02. The van der Waals surface area contributed by atoms with Crippen molar-refractivity contribution in [3.05, 3.63) is 72.8 Å². The molecule has 2 aliphatic heterocycles. The molecule has 2 saturated heterocycles. The molecule has 0 radical (unpaired) electrons. The maximum Gasteiger partial charge on any atom is 0.262 e. The zero-order valence-electron chi connectivity index (χ0n) is 19.4. The molecule has 1 spiro atoms. The maximum atomic E-state index is 12.7. The van der Waals surface area contributed by atoms with Gasteiger partial charge in [0.1, 0.15) is 17.1 Å². The van der Waals surface area contributed by atoms with Gasteiger partial charge >= 0.3 is 0 Å². The lowest BCUT2D eigenvalue weighted by Crippen LogP contribution is -2.45. The Labute approximate surface area is 203 Å². The molecule has 0 aliphatic carbocycles. The molecular weight excluding hydrogens is 442 g/mol. The van der Waals surface area contributed by atoms with Gasteiger partial charge in [0.2, 0.25) is 0 Å². The number of rotatable bonds is 5. The van der Waals surface area contributed by atoms with Crippen molar-refractivity contribution in [1.82, 2.24) is 4.98 Å². The van der Waals surface area contributed by atoms with Crippen LogP contribution in [0.1, 0.15) is 12.8 Å². The molecule has 4 aromatic rings. The van der Waals surface area contributed by atoms with E-state index in [1.54, 1.807) is 0 Å². The Morgan fingerprint density at radius 1 is 0.914 bits per heavy atom. The number of piperidine rings is 1. The van der Waals surface area contributed by atoms with Gasteiger partial charge in [-0.05, 0) is 29.7 Å². The molecule has 7 nitrogen and oxygen atoms in total. The number of nitrogens with zero attached hydrogens (tertiary/aromatic N) is 2. The molecule has 0 atom stereocenters. The van der Waals surface area contributed by atoms with E-state index in [0.29, 0.717) is 19.0 Å². The molecule has 1 amide bonds. The first-order chi connectivity index (χ1) is 17.2. The summed E-state index contributed by atoms with van der Waals surface area (Å²) in [5.41, 5.74) is 1.52. The number of hydrogen-bond acceptors (Lipinski definition) is 6.